The van der Waals surface area contributed by atoms with Crippen LogP contribution in [0.3, 0.4) is 0 Å². The van der Waals surface area contributed by atoms with E-state index in [1.54, 1.807) is 0 Å². The van der Waals surface area contributed by atoms with Crippen LogP contribution in [0.15, 0.2) is 12.4 Å². The second-order valence-corrected chi connectivity index (χ2v) is 8.33. The van der Waals surface area contributed by atoms with Crippen LogP contribution in [0.1, 0.15) is 27.6 Å². The topological polar surface area (TPSA) is 76.4 Å². The summed E-state index contributed by atoms with van der Waals surface area (Å²) >= 11 is 1.27. The van der Waals surface area contributed by atoms with Gasteiger partial charge in [-0.25, -0.2) is 4.98 Å². The predicted molar refractivity (Wildman–Crippen MR) is 96.9 cm³/mol. The first-order valence-corrected chi connectivity index (χ1v) is 9.68. The molecule has 2 saturated heterocycles. The number of imidazole rings is 1. The summed E-state index contributed by atoms with van der Waals surface area (Å²) < 4.78 is 11.9. The minimum Gasteiger partial charge on any atom is -0.379 e. The number of likely N-dealkylation sites (tertiary alicyclic amines) is 1. The molecule has 1 amide bonds. The Balaban J connectivity index is 1.47. The molecule has 1 spiro atoms. The zero-order valence-corrected chi connectivity index (χ0v) is 16.0. The monoisotopic (exact) mass is 376 g/mol. The molecular formula is C17H24N6O2S. The van der Waals surface area contributed by atoms with Crippen LogP contribution < -0.4 is 0 Å². The van der Waals surface area contributed by atoms with Gasteiger partial charge in [0.15, 0.2) is 5.69 Å². The van der Waals surface area contributed by atoms with Gasteiger partial charge in [0.2, 0.25) is 0 Å². The van der Waals surface area contributed by atoms with Crippen LogP contribution in [0.4, 0.5) is 0 Å². The molecule has 1 atom stereocenters. The highest BCUT2D eigenvalue weighted by Crippen LogP contribution is 2.34. The predicted octanol–water partition coefficient (Wildman–Crippen LogP) is 0.945. The normalized spacial score (nSPS) is 24.3. The highest BCUT2D eigenvalue weighted by Gasteiger charge is 2.42. The number of hydrogen-bond donors (Lipinski definition) is 0. The van der Waals surface area contributed by atoms with E-state index < -0.39 is 0 Å². The fraction of sp³-hybridized carbons (Fsp3) is 0.647. The number of aromatic nitrogens is 4. The molecule has 0 bridgehead atoms. The van der Waals surface area contributed by atoms with Gasteiger partial charge >= 0.3 is 0 Å². The second-order valence-electron chi connectivity index (χ2n) is 7.37. The first-order valence-electron chi connectivity index (χ1n) is 8.91. The molecule has 140 valence electrons. The molecular weight excluding hydrogens is 352 g/mol. The Morgan fingerprint density at radius 2 is 2.27 bits per heavy atom. The van der Waals surface area contributed by atoms with E-state index in [1.807, 2.05) is 31.3 Å². The maximum atomic E-state index is 12.9. The molecule has 0 N–H and O–H groups in total. The van der Waals surface area contributed by atoms with Crippen LogP contribution in [-0.4, -0.2) is 74.2 Å². The molecule has 0 unspecified atom stereocenters. The lowest BCUT2D eigenvalue weighted by molar-refractivity contribution is 0.0639. The molecule has 4 rings (SSSR count). The van der Waals surface area contributed by atoms with Gasteiger partial charge in [0.25, 0.3) is 5.91 Å². The van der Waals surface area contributed by atoms with Gasteiger partial charge in [-0.2, -0.15) is 0 Å². The van der Waals surface area contributed by atoms with E-state index in [-0.39, 0.29) is 11.3 Å². The van der Waals surface area contributed by atoms with Crippen molar-refractivity contribution in [2.75, 3.05) is 39.4 Å². The number of aryl methyl sites for hydroxylation is 2. The number of nitrogens with zero attached hydrogens (tertiary/aromatic N) is 6. The minimum atomic E-state index is -0.0244. The van der Waals surface area contributed by atoms with E-state index in [0.717, 1.165) is 36.8 Å². The van der Waals surface area contributed by atoms with Gasteiger partial charge in [0.05, 0.1) is 24.6 Å². The van der Waals surface area contributed by atoms with Crippen LogP contribution in [0.25, 0.3) is 0 Å². The summed E-state index contributed by atoms with van der Waals surface area (Å²) in [7, 11) is 2.02. The molecule has 0 radical (unpaired) electrons. The minimum absolute atomic E-state index is 0.0192. The summed E-state index contributed by atoms with van der Waals surface area (Å²) in [5.41, 5.74) is 0.462. The number of hydrogen-bond acceptors (Lipinski definition) is 7. The standard InChI is InChI=1S/C17H24N6O2S/c1-13-15(19-20-26-13)16(24)23-7-8-25-12-17(11-23)3-5-22(10-17)9-14-18-4-6-21(14)2/h4,6H,3,5,7-12H2,1-2H3/t17-/m0/s1. The maximum absolute atomic E-state index is 12.9. The van der Waals surface area contributed by atoms with Crippen molar-refractivity contribution in [1.29, 1.82) is 0 Å². The van der Waals surface area contributed by atoms with Gasteiger partial charge < -0.3 is 14.2 Å². The summed E-state index contributed by atoms with van der Waals surface area (Å²) in [5, 5.41) is 4.03. The van der Waals surface area contributed by atoms with E-state index in [9.17, 15) is 4.79 Å². The quantitative estimate of drug-likeness (QED) is 0.794. The van der Waals surface area contributed by atoms with Crippen molar-refractivity contribution in [2.45, 2.75) is 19.9 Å². The molecule has 4 heterocycles. The molecule has 2 aliphatic rings. The SMILES string of the molecule is Cc1snnc1C(=O)N1CCOC[C@]2(CCN(Cc3nccn3C)C2)C1. The van der Waals surface area contributed by atoms with E-state index in [2.05, 4.69) is 24.0 Å². The Kier molecular flexibility index (Phi) is 4.76. The van der Waals surface area contributed by atoms with Gasteiger partial charge in [-0.05, 0) is 31.4 Å². The Bertz CT molecular complexity index is 790. The largest absolute Gasteiger partial charge is 0.379 e. The maximum Gasteiger partial charge on any atom is 0.275 e. The molecule has 9 heteroatoms. The van der Waals surface area contributed by atoms with Gasteiger partial charge in [-0.1, -0.05) is 4.49 Å². The van der Waals surface area contributed by atoms with E-state index >= 15 is 0 Å². The van der Waals surface area contributed by atoms with Gasteiger partial charge in [-0.3, -0.25) is 9.69 Å². The lowest BCUT2D eigenvalue weighted by Crippen LogP contribution is -2.43. The zero-order chi connectivity index (χ0) is 18.1. The highest BCUT2D eigenvalue weighted by atomic mass is 32.1. The third-order valence-electron chi connectivity index (χ3n) is 5.39. The molecule has 2 aromatic rings. The number of carbonyl (C=O) groups is 1. The van der Waals surface area contributed by atoms with Crippen molar-refractivity contribution in [3.05, 3.63) is 28.8 Å². The smallest absolute Gasteiger partial charge is 0.275 e. The Morgan fingerprint density at radius 3 is 3.00 bits per heavy atom. The lowest BCUT2D eigenvalue weighted by atomic mass is 9.87. The fourth-order valence-electron chi connectivity index (χ4n) is 3.90. The van der Waals surface area contributed by atoms with Gasteiger partial charge in [0, 0.05) is 44.5 Å². The zero-order valence-electron chi connectivity index (χ0n) is 15.2. The first kappa shape index (κ1) is 17.6. The van der Waals surface area contributed by atoms with Crippen molar-refractivity contribution in [3.63, 3.8) is 0 Å². The molecule has 0 aromatic carbocycles. The van der Waals surface area contributed by atoms with Crippen molar-refractivity contribution < 1.29 is 9.53 Å². The van der Waals surface area contributed by atoms with Crippen LogP contribution in [0, 0.1) is 12.3 Å². The van der Waals surface area contributed by atoms with Crippen molar-refractivity contribution in [2.24, 2.45) is 12.5 Å². The average Bonchev–Trinajstić information content (AvgIpc) is 3.28. The van der Waals surface area contributed by atoms with Crippen LogP contribution in [0.5, 0.6) is 0 Å². The molecule has 2 aliphatic heterocycles. The van der Waals surface area contributed by atoms with Crippen LogP contribution >= 0.6 is 11.5 Å². The van der Waals surface area contributed by atoms with Crippen LogP contribution in [-0.2, 0) is 18.3 Å². The van der Waals surface area contributed by atoms with Gasteiger partial charge in [0.1, 0.15) is 5.82 Å². The molecule has 8 nitrogen and oxygen atoms in total. The lowest BCUT2D eigenvalue weighted by Gasteiger charge is -2.31. The molecule has 2 fully saturated rings. The summed E-state index contributed by atoms with van der Waals surface area (Å²) in [4.78, 5) is 22.5. The highest BCUT2D eigenvalue weighted by molar-refractivity contribution is 7.05. The molecule has 0 aliphatic carbocycles. The molecule has 26 heavy (non-hydrogen) atoms. The third-order valence-corrected chi connectivity index (χ3v) is 6.02. The van der Waals surface area contributed by atoms with E-state index in [4.69, 9.17) is 4.74 Å². The number of amides is 1. The average molecular weight is 376 g/mol. The summed E-state index contributed by atoms with van der Waals surface area (Å²) in [6.07, 6.45) is 4.83. The number of rotatable bonds is 3. The second kappa shape index (κ2) is 7.05. The fourth-order valence-corrected chi connectivity index (χ4v) is 4.36. The third kappa shape index (κ3) is 3.38. The molecule has 2 aromatic heterocycles. The van der Waals surface area contributed by atoms with E-state index in [1.165, 1.54) is 11.5 Å². The van der Waals surface area contributed by atoms with Crippen LogP contribution in [0.2, 0.25) is 0 Å². The van der Waals surface area contributed by atoms with Crippen molar-refractivity contribution >= 4 is 17.4 Å². The summed E-state index contributed by atoms with van der Waals surface area (Å²) in [5.74, 6) is 1.04. The summed E-state index contributed by atoms with van der Waals surface area (Å²) in [6, 6.07) is 0. The van der Waals surface area contributed by atoms with Gasteiger partial charge in [-0.15, -0.1) is 5.10 Å². The number of carbonyl (C=O) groups excluding carboxylic acids is 1. The Hall–Kier alpha value is -1.84. The number of ether oxygens (including phenoxy) is 1. The van der Waals surface area contributed by atoms with E-state index in [0.29, 0.717) is 32.0 Å². The Labute approximate surface area is 156 Å². The summed E-state index contributed by atoms with van der Waals surface area (Å²) in [6.45, 7) is 7.22. The molecule has 0 saturated carbocycles. The van der Waals surface area contributed by atoms with Crippen molar-refractivity contribution in [1.82, 2.24) is 28.9 Å². The Morgan fingerprint density at radius 1 is 1.38 bits per heavy atom. The first-order chi connectivity index (χ1) is 12.6. The van der Waals surface area contributed by atoms with Crippen molar-refractivity contribution in [3.8, 4) is 0 Å².